The highest BCUT2D eigenvalue weighted by Gasteiger charge is 2.34. The van der Waals surface area contributed by atoms with Gasteiger partial charge < -0.3 is 5.73 Å². The molecule has 0 spiro atoms. The smallest absolute Gasteiger partial charge is 0.245 e. The Morgan fingerprint density at radius 2 is 2.10 bits per heavy atom. The molecular weight excluding hydrogens is 333 g/mol. The molecular formula is C13H13Cl2N3O2S. The first kappa shape index (κ1) is 15.0. The zero-order valence-corrected chi connectivity index (χ0v) is 13.3. The van der Waals surface area contributed by atoms with Gasteiger partial charge >= 0.3 is 0 Å². The van der Waals surface area contributed by atoms with Crippen LogP contribution in [-0.2, 0) is 10.0 Å². The second-order valence-corrected chi connectivity index (χ2v) is 7.53. The van der Waals surface area contributed by atoms with Gasteiger partial charge in [0.2, 0.25) is 10.0 Å². The van der Waals surface area contributed by atoms with Crippen LogP contribution in [-0.4, -0.2) is 30.4 Å². The molecule has 1 saturated heterocycles. The van der Waals surface area contributed by atoms with Gasteiger partial charge in [-0.3, -0.25) is 0 Å². The molecule has 1 aromatic heterocycles. The van der Waals surface area contributed by atoms with E-state index in [4.69, 9.17) is 28.9 Å². The summed E-state index contributed by atoms with van der Waals surface area (Å²) in [5.74, 6) is 0. The lowest BCUT2D eigenvalue weighted by Gasteiger charge is -2.22. The summed E-state index contributed by atoms with van der Waals surface area (Å²) in [5, 5.41) is 1.37. The zero-order valence-electron chi connectivity index (χ0n) is 11.0. The van der Waals surface area contributed by atoms with Crippen molar-refractivity contribution in [3.05, 3.63) is 34.6 Å². The van der Waals surface area contributed by atoms with Crippen LogP contribution < -0.4 is 5.73 Å². The number of aromatic nitrogens is 1. The normalized spacial score (nSPS) is 20.2. The van der Waals surface area contributed by atoms with Crippen molar-refractivity contribution in [3.63, 3.8) is 0 Å². The van der Waals surface area contributed by atoms with Crippen LogP contribution in [0, 0.1) is 0 Å². The fourth-order valence-electron chi connectivity index (χ4n) is 2.60. The third kappa shape index (κ3) is 2.41. The third-order valence-corrected chi connectivity index (χ3v) is 6.17. The van der Waals surface area contributed by atoms with Gasteiger partial charge in [0.05, 0.1) is 16.1 Å². The summed E-state index contributed by atoms with van der Waals surface area (Å²) in [7, 11) is -3.72. The summed E-state index contributed by atoms with van der Waals surface area (Å²) in [6.45, 7) is 0.413. The van der Waals surface area contributed by atoms with Gasteiger partial charge in [-0.15, -0.1) is 0 Å². The van der Waals surface area contributed by atoms with Crippen LogP contribution in [0.15, 0.2) is 29.3 Å². The van der Waals surface area contributed by atoms with E-state index < -0.39 is 16.2 Å². The molecule has 8 heteroatoms. The standard InChI is InChI=1S/C13H13Cl2N3O2S/c14-9-7-17-13(15)8-3-1-4-10(12(8)9)21(19,20)18-6-2-5-11(18)16/h1,3-4,7,11H,2,5-6,16H2. The Kier molecular flexibility index (Phi) is 3.83. The second-order valence-electron chi connectivity index (χ2n) is 4.90. The molecule has 1 fully saturated rings. The Morgan fingerprint density at radius 1 is 1.33 bits per heavy atom. The minimum atomic E-state index is -3.72. The van der Waals surface area contributed by atoms with E-state index in [0.717, 1.165) is 6.42 Å². The Bertz CT molecular complexity index is 810. The summed E-state index contributed by atoms with van der Waals surface area (Å²) in [6.07, 6.45) is 2.26. The zero-order chi connectivity index (χ0) is 15.2. The number of sulfonamides is 1. The van der Waals surface area contributed by atoms with E-state index in [1.807, 2.05) is 0 Å². The van der Waals surface area contributed by atoms with Gasteiger partial charge in [0.25, 0.3) is 0 Å². The highest BCUT2D eigenvalue weighted by molar-refractivity contribution is 7.89. The van der Waals surface area contributed by atoms with Crippen LogP contribution in [0.4, 0.5) is 0 Å². The van der Waals surface area contributed by atoms with E-state index in [-0.39, 0.29) is 15.1 Å². The minimum Gasteiger partial charge on any atom is -0.315 e. The Hall–Kier alpha value is -0.920. The van der Waals surface area contributed by atoms with Gasteiger partial charge in [0.15, 0.2) is 0 Å². The van der Waals surface area contributed by atoms with Gasteiger partial charge in [-0.05, 0) is 18.9 Å². The lowest BCUT2D eigenvalue weighted by molar-refractivity contribution is 0.396. The Labute approximate surface area is 132 Å². The summed E-state index contributed by atoms with van der Waals surface area (Å²) in [6, 6.07) is 4.84. The maximum atomic E-state index is 12.8. The summed E-state index contributed by atoms with van der Waals surface area (Å²) in [4.78, 5) is 4.06. The lowest BCUT2D eigenvalue weighted by Crippen LogP contribution is -2.40. The van der Waals surface area contributed by atoms with Gasteiger partial charge in [0.1, 0.15) is 5.15 Å². The highest BCUT2D eigenvalue weighted by atomic mass is 35.5. The van der Waals surface area contributed by atoms with Crippen LogP contribution in [0.5, 0.6) is 0 Å². The van der Waals surface area contributed by atoms with E-state index in [2.05, 4.69) is 4.98 Å². The fourth-order valence-corrected chi connectivity index (χ4v) is 4.93. The fraction of sp³-hybridized carbons (Fsp3) is 0.308. The topological polar surface area (TPSA) is 76.3 Å². The van der Waals surface area contributed by atoms with E-state index in [0.29, 0.717) is 23.7 Å². The average molecular weight is 346 g/mol. The number of nitrogens with zero attached hydrogens (tertiary/aromatic N) is 2. The number of fused-ring (bicyclic) bond motifs is 1. The molecule has 0 bridgehead atoms. The molecule has 2 heterocycles. The van der Waals surface area contributed by atoms with Crippen molar-refractivity contribution in [2.45, 2.75) is 23.9 Å². The number of nitrogens with two attached hydrogens (primary N) is 1. The van der Waals surface area contributed by atoms with Crippen LogP contribution >= 0.6 is 23.2 Å². The summed E-state index contributed by atoms with van der Waals surface area (Å²) in [5.41, 5.74) is 5.89. The monoisotopic (exact) mass is 345 g/mol. The van der Waals surface area contributed by atoms with Gasteiger partial charge in [0, 0.05) is 23.5 Å². The largest absolute Gasteiger partial charge is 0.315 e. The molecule has 5 nitrogen and oxygen atoms in total. The molecule has 2 aromatic rings. The van der Waals surface area contributed by atoms with Gasteiger partial charge in [-0.25, -0.2) is 13.4 Å². The first-order chi connectivity index (χ1) is 9.93. The van der Waals surface area contributed by atoms with E-state index in [1.165, 1.54) is 16.6 Å². The summed E-state index contributed by atoms with van der Waals surface area (Å²) >= 11 is 12.2. The quantitative estimate of drug-likeness (QED) is 0.848. The molecule has 112 valence electrons. The highest BCUT2D eigenvalue weighted by Crippen LogP contribution is 2.35. The molecule has 3 rings (SSSR count). The Balaban J connectivity index is 2.28. The van der Waals surface area contributed by atoms with Crippen LogP contribution in [0.2, 0.25) is 10.2 Å². The number of benzene rings is 1. The molecule has 0 radical (unpaired) electrons. The van der Waals surface area contributed by atoms with Crippen molar-refractivity contribution in [2.24, 2.45) is 5.73 Å². The average Bonchev–Trinajstić information content (AvgIpc) is 2.89. The number of hydrogen-bond acceptors (Lipinski definition) is 4. The third-order valence-electron chi connectivity index (χ3n) is 3.61. The van der Waals surface area contributed by atoms with Crippen molar-refractivity contribution in [1.29, 1.82) is 0 Å². The molecule has 1 atom stereocenters. The lowest BCUT2D eigenvalue weighted by atomic mass is 10.2. The van der Waals surface area contributed by atoms with Crippen molar-refractivity contribution >= 4 is 44.0 Å². The molecule has 1 aliphatic rings. The minimum absolute atomic E-state index is 0.117. The van der Waals surface area contributed by atoms with Crippen molar-refractivity contribution in [1.82, 2.24) is 9.29 Å². The van der Waals surface area contributed by atoms with Crippen molar-refractivity contribution in [2.75, 3.05) is 6.54 Å². The number of rotatable bonds is 2. The van der Waals surface area contributed by atoms with Crippen LogP contribution in [0.25, 0.3) is 10.8 Å². The molecule has 21 heavy (non-hydrogen) atoms. The van der Waals surface area contributed by atoms with Crippen molar-refractivity contribution in [3.8, 4) is 0 Å². The first-order valence-electron chi connectivity index (χ1n) is 6.43. The number of halogens is 2. The molecule has 0 saturated carbocycles. The van der Waals surface area contributed by atoms with Gasteiger partial charge in [-0.2, -0.15) is 4.31 Å². The SMILES string of the molecule is NC1CCCN1S(=O)(=O)c1cccc2c(Cl)ncc(Cl)c12. The van der Waals surface area contributed by atoms with E-state index >= 15 is 0 Å². The van der Waals surface area contributed by atoms with Crippen LogP contribution in [0.3, 0.4) is 0 Å². The summed E-state index contributed by atoms with van der Waals surface area (Å²) < 4.78 is 27.0. The predicted molar refractivity (Wildman–Crippen MR) is 82.9 cm³/mol. The Morgan fingerprint density at radius 3 is 2.76 bits per heavy atom. The molecule has 0 aliphatic carbocycles. The van der Waals surface area contributed by atoms with E-state index in [1.54, 1.807) is 12.1 Å². The second kappa shape index (κ2) is 5.37. The van der Waals surface area contributed by atoms with Crippen molar-refractivity contribution < 1.29 is 8.42 Å². The number of hydrogen-bond donors (Lipinski definition) is 1. The van der Waals surface area contributed by atoms with Crippen LogP contribution in [0.1, 0.15) is 12.8 Å². The molecule has 1 aromatic carbocycles. The maximum absolute atomic E-state index is 12.8. The molecule has 1 unspecified atom stereocenters. The molecule has 2 N–H and O–H groups in total. The number of pyridine rings is 1. The maximum Gasteiger partial charge on any atom is 0.245 e. The molecule has 1 aliphatic heterocycles. The van der Waals surface area contributed by atoms with E-state index in [9.17, 15) is 8.42 Å². The van der Waals surface area contributed by atoms with Gasteiger partial charge in [-0.1, -0.05) is 35.3 Å². The molecule has 0 amide bonds. The predicted octanol–water partition coefficient (Wildman–Crippen LogP) is 2.61. The first-order valence-corrected chi connectivity index (χ1v) is 8.62.